The van der Waals surface area contributed by atoms with Gasteiger partial charge in [-0.3, -0.25) is 4.79 Å². The van der Waals surface area contributed by atoms with E-state index in [1.807, 2.05) is 24.3 Å². The Bertz CT molecular complexity index is 449. The molecule has 0 saturated carbocycles. The van der Waals surface area contributed by atoms with E-state index in [1.54, 1.807) is 7.11 Å². The van der Waals surface area contributed by atoms with Crippen LogP contribution in [0.3, 0.4) is 0 Å². The van der Waals surface area contributed by atoms with Gasteiger partial charge >= 0.3 is 6.09 Å². The molecule has 0 aliphatic heterocycles. The number of alkyl carbamates (subject to hydrolysis) is 1. The van der Waals surface area contributed by atoms with Gasteiger partial charge in [-0.2, -0.15) is 0 Å². The van der Waals surface area contributed by atoms with Crippen LogP contribution >= 0.6 is 0 Å². The summed E-state index contributed by atoms with van der Waals surface area (Å²) in [5, 5.41) is 5.12. The third-order valence-corrected chi connectivity index (χ3v) is 2.57. The van der Waals surface area contributed by atoms with E-state index in [-0.39, 0.29) is 12.5 Å². The number of benzene rings is 1. The number of para-hydroxylation sites is 1. The molecule has 2 N–H and O–H groups in total. The average molecular weight is 280 g/mol. The van der Waals surface area contributed by atoms with Gasteiger partial charge in [0, 0.05) is 26.4 Å². The molecule has 0 spiro atoms. The molecule has 0 radical (unpaired) electrons. The lowest BCUT2D eigenvalue weighted by atomic mass is 10.1. The van der Waals surface area contributed by atoms with E-state index in [0.29, 0.717) is 19.5 Å². The molecular weight excluding hydrogens is 260 g/mol. The molecule has 0 aliphatic carbocycles. The molecule has 1 aromatic rings. The van der Waals surface area contributed by atoms with Crippen LogP contribution in [0.1, 0.15) is 12.5 Å². The minimum Gasteiger partial charge on any atom is -0.496 e. The fraction of sp³-hybridized carbons (Fsp3) is 0.429. The van der Waals surface area contributed by atoms with Crippen LogP contribution in [0, 0.1) is 0 Å². The van der Waals surface area contributed by atoms with Crippen molar-refractivity contribution in [2.45, 2.75) is 13.3 Å². The van der Waals surface area contributed by atoms with Crippen molar-refractivity contribution in [2.24, 2.45) is 0 Å². The van der Waals surface area contributed by atoms with Gasteiger partial charge in [0.15, 0.2) is 0 Å². The zero-order valence-corrected chi connectivity index (χ0v) is 11.8. The molecule has 20 heavy (non-hydrogen) atoms. The van der Waals surface area contributed by atoms with Crippen molar-refractivity contribution in [3.8, 4) is 5.75 Å². The largest absolute Gasteiger partial charge is 0.496 e. The maximum absolute atomic E-state index is 11.4. The number of nitrogens with one attached hydrogen (secondary N) is 2. The summed E-state index contributed by atoms with van der Waals surface area (Å²) in [6.07, 6.45) is 0.0913. The number of rotatable bonds is 7. The number of hydrogen-bond acceptors (Lipinski definition) is 4. The number of hydrogen-bond donors (Lipinski definition) is 2. The Morgan fingerprint density at radius 1 is 1.15 bits per heavy atom. The van der Waals surface area contributed by atoms with Gasteiger partial charge in [-0.15, -0.1) is 0 Å². The summed E-state index contributed by atoms with van der Waals surface area (Å²) in [4.78, 5) is 22.0. The molecule has 0 fully saturated rings. The molecule has 2 amide bonds. The zero-order valence-electron chi connectivity index (χ0n) is 11.8. The molecule has 0 atom stereocenters. The second-order valence-corrected chi connectivity index (χ2v) is 4.11. The van der Waals surface area contributed by atoms with Gasteiger partial charge in [0.1, 0.15) is 5.75 Å². The van der Waals surface area contributed by atoms with Gasteiger partial charge in [0.2, 0.25) is 5.91 Å². The highest BCUT2D eigenvalue weighted by molar-refractivity contribution is 5.73. The first-order valence-corrected chi connectivity index (χ1v) is 6.40. The lowest BCUT2D eigenvalue weighted by Gasteiger charge is -2.09. The number of carbonyl (C=O) groups excluding carboxylic acids is 2. The smallest absolute Gasteiger partial charge is 0.407 e. The summed E-state index contributed by atoms with van der Waals surface area (Å²) in [6, 6.07) is 7.59. The van der Waals surface area contributed by atoms with Crippen LogP contribution in [-0.2, 0) is 16.0 Å². The first-order chi connectivity index (χ1) is 9.63. The molecule has 6 heteroatoms. The maximum Gasteiger partial charge on any atom is 0.407 e. The molecule has 1 aromatic carbocycles. The fourth-order valence-corrected chi connectivity index (χ4v) is 1.62. The molecule has 0 saturated heterocycles. The minimum absolute atomic E-state index is 0.128. The topological polar surface area (TPSA) is 76.7 Å². The summed E-state index contributed by atoms with van der Waals surface area (Å²) in [5.41, 5.74) is 0.987. The highest BCUT2D eigenvalue weighted by Crippen LogP contribution is 2.17. The number of carbonyl (C=O) groups is 2. The normalized spacial score (nSPS) is 9.70. The summed E-state index contributed by atoms with van der Waals surface area (Å²) in [7, 11) is 1.61. The Morgan fingerprint density at radius 2 is 1.85 bits per heavy atom. The average Bonchev–Trinajstić information content (AvgIpc) is 2.44. The van der Waals surface area contributed by atoms with Gasteiger partial charge in [0.25, 0.3) is 0 Å². The second kappa shape index (κ2) is 8.79. The summed E-state index contributed by atoms with van der Waals surface area (Å²) >= 11 is 0. The minimum atomic E-state index is -0.495. The van der Waals surface area contributed by atoms with Gasteiger partial charge < -0.3 is 20.1 Å². The fourth-order valence-electron chi connectivity index (χ4n) is 1.62. The Labute approximate surface area is 118 Å². The third kappa shape index (κ3) is 6.08. The number of methoxy groups -OCH3 is 1. The lowest BCUT2D eigenvalue weighted by molar-refractivity contribution is -0.118. The van der Waals surface area contributed by atoms with Crippen LogP contribution in [0.25, 0.3) is 0 Å². The Hall–Kier alpha value is -2.24. The SMILES string of the molecule is COc1ccccc1CCOC(=O)NCCNC(C)=O. The highest BCUT2D eigenvalue weighted by atomic mass is 16.5. The highest BCUT2D eigenvalue weighted by Gasteiger charge is 2.04. The summed E-state index contributed by atoms with van der Waals surface area (Å²) in [6.45, 7) is 2.42. The van der Waals surface area contributed by atoms with Gasteiger partial charge in [-0.25, -0.2) is 4.79 Å². The molecule has 0 bridgehead atoms. The van der Waals surface area contributed by atoms with Crippen molar-refractivity contribution in [3.05, 3.63) is 29.8 Å². The quantitative estimate of drug-likeness (QED) is 0.733. The molecule has 1 rings (SSSR count). The van der Waals surface area contributed by atoms with Gasteiger partial charge in [0.05, 0.1) is 13.7 Å². The first kappa shape index (κ1) is 15.8. The van der Waals surface area contributed by atoms with Crippen molar-refractivity contribution in [1.82, 2.24) is 10.6 Å². The predicted octanol–water partition coefficient (Wildman–Crippen LogP) is 1.10. The zero-order chi connectivity index (χ0) is 14.8. The van der Waals surface area contributed by atoms with Crippen LogP contribution in [0.2, 0.25) is 0 Å². The molecule has 0 aromatic heterocycles. The molecule has 0 unspecified atom stereocenters. The van der Waals surface area contributed by atoms with Gasteiger partial charge in [-0.05, 0) is 11.6 Å². The van der Waals surface area contributed by atoms with E-state index >= 15 is 0 Å². The monoisotopic (exact) mass is 280 g/mol. The van der Waals surface area contributed by atoms with E-state index in [1.165, 1.54) is 6.92 Å². The van der Waals surface area contributed by atoms with E-state index in [0.717, 1.165) is 11.3 Å². The van der Waals surface area contributed by atoms with E-state index in [9.17, 15) is 9.59 Å². The van der Waals surface area contributed by atoms with Crippen LogP contribution < -0.4 is 15.4 Å². The molecule has 0 aliphatic rings. The Kier molecular flexibility index (Phi) is 6.95. The summed E-state index contributed by atoms with van der Waals surface area (Å²) in [5.74, 6) is 0.651. The Balaban J connectivity index is 2.20. The van der Waals surface area contributed by atoms with Crippen molar-refractivity contribution in [1.29, 1.82) is 0 Å². The van der Waals surface area contributed by atoms with Crippen LogP contribution in [-0.4, -0.2) is 38.8 Å². The molecule has 6 nitrogen and oxygen atoms in total. The Morgan fingerprint density at radius 3 is 2.55 bits per heavy atom. The molecular formula is C14H20N2O4. The van der Waals surface area contributed by atoms with Crippen molar-refractivity contribution in [2.75, 3.05) is 26.8 Å². The van der Waals surface area contributed by atoms with Gasteiger partial charge in [-0.1, -0.05) is 18.2 Å². The standard InChI is InChI=1S/C14H20N2O4/c1-11(17)15-8-9-16-14(18)20-10-7-12-5-3-4-6-13(12)19-2/h3-6H,7-10H2,1-2H3,(H,15,17)(H,16,18). The van der Waals surface area contributed by atoms with Crippen molar-refractivity contribution >= 4 is 12.0 Å². The molecule has 110 valence electrons. The summed E-state index contributed by atoms with van der Waals surface area (Å²) < 4.78 is 10.2. The maximum atomic E-state index is 11.4. The number of ether oxygens (including phenoxy) is 2. The second-order valence-electron chi connectivity index (χ2n) is 4.11. The number of amides is 2. The lowest BCUT2D eigenvalue weighted by Crippen LogP contribution is -2.34. The van der Waals surface area contributed by atoms with E-state index in [4.69, 9.17) is 9.47 Å². The van der Waals surface area contributed by atoms with Crippen LogP contribution in [0.5, 0.6) is 5.75 Å². The van der Waals surface area contributed by atoms with E-state index < -0.39 is 6.09 Å². The predicted molar refractivity (Wildman–Crippen MR) is 74.7 cm³/mol. The van der Waals surface area contributed by atoms with Crippen LogP contribution in [0.4, 0.5) is 4.79 Å². The first-order valence-electron chi connectivity index (χ1n) is 6.40. The van der Waals surface area contributed by atoms with Crippen molar-refractivity contribution < 1.29 is 19.1 Å². The van der Waals surface area contributed by atoms with E-state index in [2.05, 4.69) is 10.6 Å². The molecule has 0 heterocycles. The van der Waals surface area contributed by atoms with Crippen molar-refractivity contribution in [3.63, 3.8) is 0 Å². The van der Waals surface area contributed by atoms with Crippen LogP contribution in [0.15, 0.2) is 24.3 Å². The third-order valence-electron chi connectivity index (χ3n) is 2.57.